The van der Waals surface area contributed by atoms with E-state index in [0.717, 1.165) is 4.57 Å². The van der Waals surface area contributed by atoms with Gasteiger partial charge in [0, 0.05) is 19.7 Å². The summed E-state index contributed by atoms with van der Waals surface area (Å²) in [6.07, 6.45) is 0. The van der Waals surface area contributed by atoms with Gasteiger partial charge < -0.3 is 4.57 Å². The summed E-state index contributed by atoms with van der Waals surface area (Å²) in [6.45, 7) is 0.136. The molecule has 0 amide bonds. The number of aryl methyl sites for hydroxylation is 1. The second-order valence-corrected chi connectivity index (χ2v) is 5.65. The molecule has 2 aromatic heterocycles. The van der Waals surface area contributed by atoms with Crippen molar-refractivity contribution >= 4 is 27.1 Å². The lowest BCUT2D eigenvalue weighted by molar-refractivity contribution is 0.599. The highest BCUT2D eigenvalue weighted by Gasteiger charge is 2.18. The number of benzene rings is 1. The van der Waals surface area contributed by atoms with Crippen LogP contribution in [0.25, 0.3) is 11.2 Å². The standard InChI is InChI=1S/C14H12BrFN4O2/c1-18-11-10(12(21)19(2)14(18)22)20(13(15)17-11)7-8-5-3-4-6-9(8)16/h3-6H,7H2,1-2H3. The van der Waals surface area contributed by atoms with Gasteiger partial charge in [0.1, 0.15) is 5.82 Å². The lowest BCUT2D eigenvalue weighted by atomic mass is 10.2. The van der Waals surface area contributed by atoms with Gasteiger partial charge in [-0.1, -0.05) is 18.2 Å². The Morgan fingerprint density at radius 2 is 1.86 bits per heavy atom. The summed E-state index contributed by atoms with van der Waals surface area (Å²) in [6, 6.07) is 6.32. The second-order valence-electron chi connectivity index (χ2n) is 4.94. The molecular formula is C14H12BrFN4O2. The van der Waals surface area contributed by atoms with Crippen LogP contribution in [0.15, 0.2) is 38.6 Å². The molecule has 8 heteroatoms. The molecule has 0 aliphatic rings. The first-order valence-corrected chi connectivity index (χ1v) is 7.26. The third kappa shape index (κ3) is 2.10. The van der Waals surface area contributed by atoms with Crippen molar-refractivity contribution in [2.75, 3.05) is 0 Å². The number of aromatic nitrogens is 4. The highest BCUT2D eigenvalue weighted by Crippen LogP contribution is 2.19. The molecule has 0 spiro atoms. The molecule has 2 heterocycles. The predicted octanol–water partition coefficient (Wildman–Crippen LogP) is 1.38. The summed E-state index contributed by atoms with van der Waals surface area (Å²) in [5.74, 6) is -0.363. The summed E-state index contributed by atoms with van der Waals surface area (Å²) in [4.78, 5) is 28.5. The second kappa shape index (κ2) is 5.20. The highest BCUT2D eigenvalue weighted by atomic mass is 79.9. The molecule has 0 bridgehead atoms. The molecule has 1 aromatic carbocycles. The molecule has 0 aliphatic carbocycles. The number of rotatable bonds is 2. The first-order chi connectivity index (χ1) is 10.4. The van der Waals surface area contributed by atoms with Gasteiger partial charge in [0.25, 0.3) is 5.56 Å². The maximum Gasteiger partial charge on any atom is 0.332 e. The zero-order valence-corrected chi connectivity index (χ0v) is 13.5. The van der Waals surface area contributed by atoms with Crippen LogP contribution in [0.1, 0.15) is 5.56 Å². The molecule has 0 saturated carbocycles. The fraction of sp³-hybridized carbons (Fsp3) is 0.214. The molecule has 0 N–H and O–H groups in total. The van der Waals surface area contributed by atoms with E-state index in [1.165, 1.54) is 24.7 Å². The summed E-state index contributed by atoms with van der Waals surface area (Å²) >= 11 is 3.27. The largest absolute Gasteiger partial charge is 0.332 e. The van der Waals surface area contributed by atoms with E-state index in [9.17, 15) is 14.0 Å². The van der Waals surface area contributed by atoms with Gasteiger partial charge in [-0.25, -0.2) is 14.2 Å². The Kier molecular flexibility index (Phi) is 3.48. The minimum Gasteiger partial charge on any atom is -0.308 e. The van der Waals surface area contributed by atoms with Crippen LogP contribution < -0.4 is 11.2 Å². The first-order valence-electron chi connectivity index (χ1n) is 6.47. The number of fused-ring (bicyclic) bond motifs is 1. The number of imidazole rings is 1. The maximum atomic E-state index is 13.8. The quantitative estimate of drug-likeness (QED) is 0.643. The molecule has 0 fully saturated rings. The molecule has 22 heavy (non-hydrogen) atoms. The van der Waals surface area contributed by atoms with E-state index in [4.69, 9.17) is 0 Å². The van der Waals surface area contributed by atoms with Gasteiger partial charge in [-0.3, -0.25) is 13.9 Å². The fourth-order valence-electron chi connectivity index (χ4n) is 2.36. The number of halogens is 2. The van der Waals surface area contributed by atoms with Crippen molar-refractivity contribution in [1.82, 2.24) is 18.7 Å². The van der Waals surface area contributed by atoms with Crippen molar-refractivity contribution in [1.29, 1.82) is 0 Å². The van der Waals surface area contributed by atoms with Crippen molar-refractivity contribution in [3.05, 3.63) is 61.2 Å². The fourth-order valence-corrected chi connectivity index (χ4v) is 2.83. The molecule has 3 rings (SSSR count). The Hall–Kier alpha value is -2.22. The lowest BCUT2D eigenvalue weighted by Gasteiger charge is -2.08. The number of hydrogen-bond acceptors (Lipinski definition) is 3. The summed E-state index contributed by atoms with van der Waals surface area (Å²) in [5, 5.41) is 0. The van der Waals surface area contributed by atoms with Crippen LogP contribution in [-0.2, 0) is 20.6 Å². The van der Waals surface area contributed by atoms with Crippen molar-refractivity contribution < 1.29 is 4.39 Å². The highest BCUT2D eigenvalue weighted by molar-refractivity contribution is 9.10. The van der Waals surface area contributed by atoms with Crippen LogP contribution in [0.3, 0.4) is 0 Å². The SMILES string of the molecule is Cn1c(=O)c2c(nc(Br)n2Cc2ccccc2F)n(C)c1=O. The van der Waals surface area contributed by atoms with Crippen LogP contribution in [0, 0.1) is 5.82 Å². The van der Waals surface area contributed by atoms with Crippen LogP contribution in [0.5, 0.6) is 0 Å². The Balaban J connectivity index is 2.32. The average Bonchev–Trinajstić information content (AvgIpc) is 2.82. The van der Waals surface area contributed by atoms with Gasteiger partial charge in [-0.2, -0.15) is 0 Å². The molecule has 0 unspecified atom stereocenters. The normalized spacial score (nSPS) is 11.3. The molecular weight excluding hydrogens is 355 g/mol. The minimum absolute atomic E-state index is 0.136. The Labute approximate surface area is 132 Å². The maximum absolute atomic E-state index is 13.8. The molecule has 3 aromatic rings. The third-order valence-electron chi connectivity index (χ3n) is 3.59. The molecule has 6 nitrogen and oxygen atoms in total. The van der Waals surface area contributed by atoms with Crippen molar-refractivity contribution in [2.45, 2.75) is 6.54 Å². The first kappa shape index (κ1) is 14.7. The van der Waals surface area contributed by atoms with Gasteiger partial charge in [-0.05, 0) is 22.0 Å². The Morgan fingerprint density at radius 1 is 1.18 bits per heavy atom. The predicted molar refractivity (Wildman–Crippen MR) is 83.4 cm³/mol. The van der Waals surface area contributed by atoms with Crippen molar-refractivity contribution in [2.24, 2.45) is 14.1 Å². The van der Waals surface area contributed by atoms with E-state index >= 15 is 0 Å². The van der Waals surface area contributed by atoms with E-state index in [-0.39, 0.29) is 23.5 Å². The number of hydrogen-bond donors (Lipinski definition) is 0. The minimum atomic E-state index is -0.465. The Morgan fingerprint density at radius 3 is 2.55 bits per heavy atom. The summed E-state index contributed by atoms with van der Waals surface area (Å²) in [5.41, 5.74) is 0.0163. The molecule has 0 radical (unpaired) electrons. The van der Waals surface area contributed by atoms with Crippen molar-refractivity contribution in [3.8, 4) is 0 Å². The monoisotopic (exact) mass is 366 g/mol. The van der Waals surface area contributed by atoms with Gasteiger partial charge in [0.05, 0.1) is 6.54 Å². The van der Waals surface area contributed by atoms with E-state index in [1.54, 1.807) is 22.8 Å². The molecule has 114 valence electrons. The summed E-state index contributed by atoms with van der Waals surface area (Å²) in [7, 11) is 2.94. The molecule has 0 atom stereocenters. The zero-order chi connectivity index (χ0) is 16.0. The van der Waals surface area contributed by atoms with Crippen LogP contribution in [0.4, 0.5) is 4.39 Å². The van der Waals surface area contributed by atoms with Crippen LogP contribution in [-0.4, -0.2) is 18.7 Å². The molecule has 0 aliphatic heterocycles. The van der Waals surface area contributed by atoms with Crippen LogP contribution >= 0.6 is 15.9 Å². The van der Waals surface area contributed by atoms with E-state index in [0.29, 0.717) is 10.3 Å². The zero-order valence-electron chi connectivity index (χ0n) is 11.9. The topological polar surface area (TPSA) is 61.8 Å². The van der Waals surface area contributed by atoms with Crippen LogP contribution in [0.2, 0.25) is 0 Å². The van der Waals surface area contributed by atoms with E-state index in [2.05, 4.69) is 20.9 Å². The van der Waals surface area contributed by atoms with E-state index in [1.807, 2.05) is 0 Å². The van der Waals surface area contributed by atoms with Crippen molar-refractivity contribution in [3.63, 3.8) is 0 Å². The third-order valence-corrected chi connectivity index (χ3v) is 4.19. The van der Waals surface area contributed by atoms with Gasteiger partial charge in [-0.15, -0.1) is 0 Å². The number of nitrogens with zero attached hydrogens (tertiary/aromatic N) is 4. The van der Waals surface area contributed by atoms with Gasteiger partial charge in [0.2, 0.25) is 0 Å². The van der Waals surface area contributed by atoms with Gasteiger partial charge >= 0.3 is 5.69 Å². The van der Waals surface area contributed by atoms with E-state index < -0.39 is 11.2 Å². The van der Waals surface area contributed by atoms with Gasteiger partial charge in [0.15, 0.2) is 15.9 Å². The Bertz CT molecular complexity index is 1000. The molecule has 0 saturated heterocycles. The lowest BCUT2D eigenvalue weighted by Crippen LogP contribution is -2.37. The average molecular weight is 367 g/mol. The smallest absolute Gasteiger partial charge is 0.308 e. The summed E-state index contributed by atoms with van der Waals surface area (Å²) < 4.78 is 18.1.